The summed E-state index contributed by atoms with van der Waals surface area (Å²) in [5.41, 5.74) is 3.75. The van der Waals surface area contributed by atoms with Gasteiger partial charge in [0.1, 0.15) is 11.5 Å². The van der Waals surface area contributed by atoms with Gasteiger partial charge in [0.2, 0.25) is 0 Å². The Kier molecular flexibility index (Phi) is 4.53. The van der Waals surface area contributed by atoms with Crippen LogP contribution in [0.25, 0.3) is 0 Å². The van der Waals surface area contributed by atoms with Crippen LogP contribution in [0, 0.1) is 0 Å². The fourth-order valence-electron chi connectivity index (χ4n) is 3.48. The summed E-state index contributed by atoms with van der Waals surface area (Å²) in [7, 11) is 0. The summed E-state index contributed by atoms with van der Waals surface area (Å²) < 4.78 is 0. The van der Waals surface area contributed by atoms with E-state index in [1.165, 1.54) is 5.56 Å². The van der Waals surface area contributed by atoms with Crippen LogP contribution in [0.4, 0.5) is 0 Å². The minimum atomic E-state index is -0.388. The Hall–Kier alpha value is -2.74. The van der Waals surface area contributed by atoms with Crippen molar-refractivity contribution in [1.82, 2.24) is 0 Å². The molecule has 0 bridgehead atoms. The van der Waals surface area contributed by atoms with E-state index in [0.717, 1.165) is 16.7 Å². The number of phenolic OH excluding ortho intramolecular Hbond substituents is 2. The highest BCUT2D eigenvalue weighted by molar-refractivity contribution is 5.50. The van der Waals surface area contributed by atoms with E-state index in [-0.39, 0.29) is 22.3 Å². The van der Waals surface area contributed by atoms with Gasteiger partial charge in [-0.2, -0.15) is 0 Å². The third kappa shape index (κ3) is 3.20. The van der Waals surface area contributed by atoms with Crippen LogP contribution >= 0.6 is 0 Å². The van der Waals surface area contributed by atoms with E-state index >= 15 is 0 Å². The van der Waals surface area contributed by atoms with Crippen LogP contribution in [-0.2, 0) is 10.8 Å². The average Bonchev–Trinajstić information content (AvgIpc) is 2.63. The molecule has 0 aliphatic rings. The summed E-state index contributed by atoms with van der Waals surface area (Å²) in [5, 5.41) is 20.1. The molecule has 0 atom stereocenters. The lowest BCUT2D eigenvalue weighted by atomic mass is 9.73. The maximum atomic E-state index is 10.6. The van der Waals surface area contributed by atoms with Crippen LogP contribution in [0.3, 0.4) is 0 Å². The second kappa shape index (κ2) is 6.53. The third-order valence-corrected chi connectivity index (χ3v) is 5.48. The van der Waals surface area contributed by atoms with Crippen LogP contribution in [0.2, 0.25) is 0 Å². The van der Waals surface area contributed by atoms with Crippen LogP contribution < -0.4 is 0 Å². The number of rotatable bonds is 4. The Morgan fingerprint density at radius 3 is 1.73 bits per heavy atom. The molecular formula is C24H26O2. The standard InChI is InChI=1S/C24H26O2/c1-23(2,17-8-6-5-7-9-17)19-12-15-22(26)21(16-19)24(3,4)18-10-13-20(25)14-11-18/h5-16,25-26H,1-4H3. The van der Waals surface area contributed by atoms with E-state index in [0.29, 0.717) is 0 Å². The molecule has 134 valence electrons. The molecule has 2 heteroatoms. The maximum absolute atomic E-state index is 10.6. The molecule has 0 aliphatic heterocycles. The lowest BCUT2D eigenvalue weighted by Gasteiger charge is -2.31. The van der Waals surface area contributed by atoms with Crippen molar-refractivity contribution in [3.05, 3.63) is 95.1 Å². The summed E-state index contributed by atoms with van der Waals surface area (Å²) in [6, 6.07) is 23.5. The molecular weight excluding hydrogens is 320 g/mol. The van der Waals surface area contributed by atoms with Crippen LogP contribution in [0.15, 0.2) is 72.8 Å². The van der Waals surface area contributed by atoms with Crippen molar-refractivity contribution >= 4 is 0 Å². The van der Waals surface area contributed by atoms with Gasteiger partial charge in [-0.15, -0.1) is 0 Å². The van der Waals surface area contributed by atoms with Gasteiger partial charge in [0.15, 0.2) is 0 Å². The molecule has 3 aromatic carbocycles. The summed E-state index contributed by atoms with van der Waals surface area (Å²) >= 11 is 0. The predicted octanol–water partition coefficient (Wildman–Crippen LogP) is 5.75. The van der Waals surface area contributed by atoms with Crippen molar-refractivity contribution in [2.45, 2.75) is 38.5 Å². The van der Waals surface area contributed by atoms with Gasteiger partial charge in [-0.25, -0.2) is 0 Å². The Morgan fingerprint density at radius 2 is 1.12 bits per heavy atom. The van der Waals surface area contributed by atoms with Crippen LogP contribution in [0.5, 0.6) is 11.5 Å². The lowest BCUT2D eigenvalue weighted by Crippen LogP contribution is -2.23. The normalized spacial score (nSPS) is 12.2. The van der Waals surface area contributed by atoms with E-state index in [9.17, 15) is 10.2 Å². The first-order valence-corrected chi connectivity index (χ1v) is 8.92. The molecule has 0 amide bonds. The van der Waals surface area contributed by atoms with Gasteiger partial charge in [-0.3, -0.25) is 0 Å². The monoisotopic (exact) mass is 346 g/mol. The van der Waals surface area contributed by atoms with Gasteiger partial charge in [-0.1, -0.05) is 82.3 Å². The molecule has 0 saturated carbocycles. The Labute approximate surface area is 155 Å². The minimum absolute atomic E-state index is 0.172. The minimum Gasteiger partial charge on any atom is -0.508 e. The third-order valence-electron chi connectivity index (χ3n) is 5.48. The van der Waals surface area contributed by atoms with Gasteiger partial charge in [0.25, 0.3) is 0 Å². The molecule has 0 aliphatic carbocycles. The second-order valence-corrected chi connectivity index (χ2v) is 7.89. The summed E-state index contributed by atoms with van der Waals surface area (Å²) in [4.78, 5) is 0. The zero-order chi connectivity index (χ0) is 18.9. The highest BCUT2D eigenvalue weighted by Crippen LogP contribution is 2.41. The van der Waals surface area contributed by atoms with Gasteiger partial charge >= 0.3 is 0 Å². The lowest BCUT2D eigenvalue weighted by molar-refractivity contribution is 0.451. The first-order chi connectivity index (χ1) is 12.2. The molecule has 0 radical (unpaired) electrons. The molecule has 0 heterocycles. The van der Waals surface area contributed by atoms with E-state index in [2.05, 4.69) is 58.0 Å². The fourth-order valence-corrected chi connectivity index (χ4v) is 3.48. The van der Waals surface area contributed by atoms with Crippen molar-refractivity contribution in [2.24, 2.45) is 0 Å². The first-order valence-electron chi connectivity index (χ1n) is 8.92. The number of aromatic hydroxyl groups is 2. The van der Waals surface area contributed by atoms with Gasteiger partial charge < -0.3 is 10.2 Å². The fraction of sp³-hybridized carbons (Fsp3) is 0.250. The molecule has 2 nitrogen and oxygen atoms in total. The zero-order valence-corrected chi connectivity index (χ0v) is 15.8. The molecule has 2 N–H and O–H groups in total. The smallest absolute Gasteiger partial charge is 0.119 e. The van der Waals surface area contributed by atoms with E-state index in [1.807, 2.05) is 24.3 Å². The number of hydrogen-bond acceptors (Lipinski definition) is 2. The number of hydrogen-bond donors (Lipinski definition) is 2. The summed E-state index contributed by atoms with van der Waals surface area (Å²) in [5.74, 6) is 0.531. The molecule has 3 rings (SSSR count). The van der Waals surface area contributed by atoms with Crippen molar-refractivity contribution in [2.75, 3.05) is 0 Å². The zero-order valence-electron chi connectivity index (χ0n) is 15.8. The first kappa shape index (κ1) is 18.1. The van der Waals surface area contributed by atoms with Crippen LogP contribution in [-0.4, -0.2) is 10.2 Å². The van der Waals surface area contributed by atoms with E-state index in [1.54, 1.807) is 18.2 Å². The SMILES string of the molecule is CC(C)(c1ccccc1)c1ccc(O)c(C(C)(C)c2ccc(O)cc2)c1. The van der Waals surface area contributed by atoms with Crippen molar-refractivity contribution in [3.8, 4) is 11.5 Å². The average molecular weight is 346 g/mol. The molecule has 0 saturated heterocycles. The summed E-state index contributed by atoms with van der Waals surface area (Å²) in [6.45, 7) is 8.58. The van der Waals surface area contributed by atoms with Crippen molar-refractivity contribution in [1.29, 1.82) is 0 Å². The van der Waals surface area contributed by atoms with Gasteiger partial charge in [-0.05, 0) is 34.9 Å². The Morgan fingerprint density at radius 1 is 0.577 bits per heavy atom. The Balaban J connectivity index is 2.09. The predicted molar refractivity (Wildman–Crippen MR) is 107 cm³/mol. The van der Waals surface area contributed by atoms with Gasteiger partial charge in [0, 0.05) is 16.4 Å². The highest BCUT2D eigenvalue weighted by atomic mass is 16.3. The molecule has 0 aromatic heterocycles. The quantitative estimate of drug-likeness (QED) is 0.631. The second-order valence-electron chi connectivity index (χ2n) is 7.89. The molecule has 0 fully saturated rings. The molecule has 0 spiro atoms. The molecule has 26 heavy (non-hydrogen) atoms. The number of benzene rings is 3. The van der Waals surface area contributed by atoms with E-state index < -0.39 is 0 Å². The molecule has 0 unspecified atom stereocenters. The van der Waals surface area contributed by atoms with Crippen molar-refractivity contribution < 1.29 is 10.2 Å². The summed E-state index contributed by atoms with van der Waals surface area (Å²) in [6.07, 6.45) is 0. The van der Waals surface area contributed by atoms with Crippen LogP contribution in [0.1, 0.15) is 49.9 Å². The van der Waals surface area contributed by atoms with Crippen molar-refractivity contribution in [3.63, 3.8) is 0 Å². The topological polar surface area (TPSA) is 40.5 Å². The largest absolute Gasteiger partial charge is 0.508 e. The van der Waals surface area contributed by atoms with Gasteiger partial charge in [0.05, 0.1) is 0 Å². The van der Waals surface area contributed by atoms with E-state index in [4.69, 9.17) is 0 Å². The number of phenols is 2. The Bertz CT molecular complexity index is 891. The highest BCUT2D eigenvalue weighted by Gasteiger charge is 2.30. The molecule has 3 aromatic rings. The maximum Gasteiger partial charge on any atom is 0.119 e.